The Labute approximate surface area is 105 Å². The number of methoxy groups -OCH3 is 1. The summed E-state index contributed by atoms with van der Waals surface area (Å²) < 4.78 is 4.70. The highest BCUT2D eigenvalue weighted by molar-refractivity contribution is 5.69. The second kappa shape index (κ2) is 5.85. The molecule has 98 valence electrons. The van der Waals surface area contributed by atoms with Crippen LogP contribution in [0.1, 0.15) is 39.0 Å². The zero-order valence-electron chi connectivity index (χ0n) is 11.2. The highest BCUT2D eigenvalue weighted by Crippen LogP contribution is 2.48. The molecular weight excluding hydrogens is 214 g/mol. The molecule has 0 radical (unpaired) electrons. The Bertz CT molecular complexity index is 267. The standard InChI is InChI=1S/C14H25NO2/c1-3-15(7-6-14(16)17-2)10-13-9-11-4-5-12(13)8-11/h11-13H,3-10H2,1-2H3. The average Bonchev–Trinajstić information content (AvgIpc) is 2.95. The minimum Gasteiger partial charge on any atom is -0.469 e. The van der Waals surface area contributed by atoms with Crippen LogP contribution in [0, 0.1) is 17.8 Å². The van der Waals surface area contributed by atoms with Crippen molar-refractivity contribution in [2.24, 2.45) is 17.8 Å². The van der Waals surface area contributed by atoms with Gasteiger partial charge >= 0.3 is 5.97 Å². The molecule has 0 aromatic heterocycles. The van der Waals surface area contributed by atoms with Crippen LogP contribution in [0.25, 0.3) is 0 Å². The van der Waals surface area contributed by atoms with E-state index < -0.39 is 0 Å². The molecule has 0 aromatic carbocycles. The maximum Gasteiger partial charge on any atom is 0.306 e. The molecule has 2 fully saturated rings. The average molecular weight is 239 g/mol. The topological polar surface area (TPSA) is 29.5 Å². The molecule has 2 aliphatic rings. The lowest BCUT2D eigenvalue weighted by molar-refractivity contribution is -0.141. The molecule has 0 saturated heterocycles. The van der Waals surface area contributed by atoms with Crippen LogP contribution in [0.4, 0.5) is 0 Å². The molecule has 2 saturated carbocycles. The minimum absolute atomic E-state index is 0.0867. The molecule has 3 heteroatoms. The van der Waals surface area contributed by atoms with Crippen molar-refractivity contribution < 1.29 is 9.53 Å². The van der Waals surface area contributed by atoms with Gasteiger partial charge in [0.25, 0.3) is 0 Å². The van der Waals surface area contributed by atoms with Gasteiger partial charge in [0.05, 0.1) is 13.5 Å². The first-order chi connectivity index (χ1) is 8.22. The van der Waals surface area contributed by atoms with Crippen molar-refractivity contribution in [1.82, 2.24) is 4.90 Å². The maximum atomic E-state index is 11.1. The highest BCUT2D eigenvalue weighted by Gasteiger charge is 2.39. The van der Waals surface area contributed by atoms with Crippen LogP contribution in [-0.2, 0) is 9.53 Å². The van der Waals surface area contributed by atoms with E-state index in [1.54, 1.807) is 0 Å². The molecule has 0 amide bonds. The fourth-order valence-corrected chi connectivity index (χ4v) is 3.66. The number of hydrogen-bond donors (Lipinski definition) is 0. The number of fused-ring (bicyclic) bond motifs is 2. The van der Waals surface area contributed by atoms with E-state index in [0.29, 0.717) is 6.42 Å². The van der Waals surface area contributed by atoms with Crippen molar-refractivity contribution >= 4 is 5.97 Å². The van der Waals surface area contributed by atoms with Gasteiger partial charge in [0.15, 0.2) is 0 Å². The molecule has 17 heavy (non-hydrogen) atoms. The van der Waals surface area contributed by atoms with Crippen LogP contribution >= 0.6 is 0 Å². The summed E-state index contributed by atoms with van der Waals surface area (Å²) in [6, 6.07) is 0. The van der Waals surface area contributed by atoms with Crippen molar-refractivity contribution in [3.8, 4) is 0 Å². The smallest absolute Gasteiger partial charge is 0.306 e. The van der Waals surface area contributed by atoms with Crippen LogP contribution in [-0.4, -0.2) is 37.6 Å². The van der Waals surface area contributed by atoms with Gasteiger partial charge in [-0.1, -0.05) is 13.3 Å². The summed E-state index contributed by atoms with van der Waals surface area (Å²) in [6.45, 7) is 5.28. The van der Waals surface area contributed by atoms with E-state index in [1.807, 2.05) is 0 Å². The minimum atomic E-state index is -0.0867. The summed E-state index contributed by atoms with van der Waals surface area (Å²) in [5.41, 5.74) is 0. The van der Waals surface area contributed by atoms with Gasteiger partial charge in [-0.25, -0.2) is 0 Å². The van der Waals surface area contributed by atoms with E-state index in [1.165, 1.54) is 39.3 Å². The Balaban J connectivity index is 1.73. The number of carbonyl (C=O) groups is 1. The number of esters is 1. The maximum absolute atomic E-state index is 11.1. The second-order valence-electron chi connectivity index (χ2n) is 5.65. The van der Waals surface area contributed by atoms with Crippen LogP contribution in [0.15, 0.2) is 0 Å². The quantitative estimate of drug-likeness (QED) is 0.666. The molecular formula is C14H25NO2. The first-order valence-corrected chi connectivity index (χ1v) is 7.02. The number of nitrogens with zero attached hydrogens (tertiary/aromatic N) is 1. The van der Waals surface area contributed by atoms with Gasteiger partial charge in [-0.2, -0.15) is 0 Å². The Kier molecular flexibility index (Phi) is 4.43. The van der Waals surface area contributed by atoms with Gasteiger partial charge in [-0.3, -0.25) is 4.79 Å². The van der Waals surface area contributed by atoms with E-state index in [9.17, 15) is 4.79 Å². The molecule has 3 atom stereocenters. The lowest BCUT2D eigenvalue weighted by Gasteiger charge is -2.28. The fourth-order valence-electron chi connectivity index (χ4n) is 3.66. The molecule has 0 N–H and O–H groups in total. The molecule has 2 aliphatic carbocycles. The lowest BCUT2D eigenvalue weighted by atomic mass is 9.88. The first-order valence-electron chi connectivity index (χ1n) is 7.02. The zero-order valence-corrected chi connectivity index (χ0v) is 11.2. The summed E-state index contributed by atoms with van der Waals surface area (Å²) in [5.74, 6) is 2.80. The monoisotopic (exact) mass is 239 g/mol. The van der Waals surface area contributed by atoms with Crippen molar-refractivity contribution in [1.29, 1.82) is 0 Å². The third-order valence-corrected chi connectivity index (χ3v) is 4.68. The summed E-state index contributed by atoms with van der Waals surface area (Å²) in [7, 11) is 1.47. The van der Waals surface area contributed by atoms with Gasteiger partial charge in [-0.05, 0) is 43.6 Å². The van der Waals surface area contributed by atoms with E-state index in [-0.39, 0.29) is 5.97 Å². The van der Waals surface area contributed by atoms with Crippen molar-refractivity contribution in [3.05, 3.63) is 0 Å². The molecule has 0 aliphatic heterocycles. The molecule has 0 heterocycles. The molecule has 3 nitrogen and oxygen atoms in total. The van der Waals surface area contributed by atoms with E-state index in [0.717, 1.165) is 30.8 Å². The summed E-state index contributed by atoms with van der Waals surface area (Å²) in [4.78, 5) is 13.6. The Hall–Kier alpha value is -0.570. The third-order valence-electron chi connectivity index (χ3n) is 4.68. The van der Waals surface area contributed by atoms with Gasteiger partial charge in [-0.15, -0.1) is 0 Å². The molecule has 2 bridgehead atoms. The highest BCUT2D eigenvalue weighted by atomic mass is 16.5. The molecule has 0 aromatic rings. The molecule has 0 spiro atoms. The van der Waals surface area contributed by atoms with E-state index in [4.69, 9.17) is 4.74 Å². The first kappa shape index (κ1) is 12.9. The van der Waals surface area contributed by atoms with Crippen LogP contribution in [0.3, 0.4) is 0 Å². The van der Waals surface area contributed by atoms with Crippen LogP contribution < -0.4 is 0 Å². The number of ether oxygens (including phenoxy) is 1. The Morgan fingerprint density at radius 1 is 1.35 bits per heavy atom. The SMILES string of the molecule is CCN(CCC(=O)OC)CC1CC2CCC1C2. The summed E-state index contributed by atoms with van der Waals surface area (Å²) in [5, 5.41) is 0. The Morgan fingerprint density at radius 2 is 2.18 bits per heavy atom. The zero-order chi connectivity index (χ0) is 12.3. The van der Waals surface area contributed by atoms with Gasteiger partial charge in [0.1, 0.15) is 0 Å². The summed E-state index contributed by atoms with van der Waals surface area (Å²) in [6.07, 6.45) is 6.35. The van der Waals surface area contributed by atoms with Crippen molar-refractivity contribution in [3.63, 3.8) is 0 Å². The second-order valence-corrected chi connectivity index (χ2v) is 5.65. The van der Waals surface area contributed by atoms with E-state index in [2.05, 4.69) is 11.8 Å². The Morgan fingerprint density at radius 3 is 2.71 bits per heavy atom. The normalized spacial score (nSPS) is 31.1. The number of rotatable bonds is 6. The third kappa shape index (κ3) is 3.21. The molecule has 3 unspecified atom stereocenters. The fraction of sp³-hybridized carbons (Fsp3) is 0.929. The lowest BCUT2D eigenvalue weighted by Crippen LogP contribution is -2.33. The summed E-state index contributed by atoms with van der Waals surface area (Å²) >= 11 is 0. The predicted molar refractivity (Wildman–Crippen MR) is 67.7 cm³/mol. The van der Waals surface area contributed by atoms with Crippen LogP contribution in [0.5, 0.6) is 0 Å². The predicted octanol–water partition coefficient (Wildman–Crippen LogP) is 2.31. The largest absolute Gasteiger partial charge is 0.469 e. The van der Waals surface area contributed by atoms with Crippen LogP contribution in [0.2, 0.25) is 0 Å². The molecule has 2 rings (SSSR count). The van der Waals surface area contributed by atoms with Gasteiger partial charge in [0.2, 0.25) is 0 Å². The van der Waals surface area contributed by atoms with Crippen molar-refractivity contribution in [2.45, 2.75) is 39.0 Å². The number of hydrogen-bond acceptors (Lipinski definition) is 3. The van der Waals surface area contributed by atoms with Gasteiger partial charge in [0, 0.05) is 13.1 Å². The number of carbonyl (C=O) groups excluding carboxylic acids is 1. The van der Waals surface area contributed by atoms with Crippen molar-refractivity contribution in [2.75, 3.05) is 26.7 Å². The van der Waals surface area contributed by atoms with E-state index >= 15 is 0 Å². The van der Waals surface area contributed by atoms with Gasteiger partial charge < -0.3 is 9.64 Å².